The molecule has 2 rings (SSSR count). The van der Waals surface area contributed by atoms with Gasteiger partial charge in [-0.05, 0) is 50.4 Å². The van der Waals surface area contributed by atoms with Crippen molar-refractivity contribution < 1.29 is 0 Å². The van der Waals surface area contributed by atoms with Gasteiger partial charge in [0.15, 0.2) is 0 Å². The van der Waals surface area contributed by atoms with Crippen LogP contribution in [-0.2, 0) is 0 Å². The van der Waals surface area contributed by atoms with Gasteiger partial charge in [-0.25, -0.2) is 0 Å². The number of nitrogens with zero attached hydrogens (tertiary/aromatic N) is 1. The first-order valence-corrected chi connectivity index (χ1v) is 10.2. The van der Waals surface area contributed by atoms with Crippen molar-refractivity contribution in [1.29, 1.82) is 5.26 Å². The van der Waals surface area contributed by atoms with Crippen LogP contribution in [0.2, 0.25) is 0 Å². The minimum Gasteiger partial charge on any atom is -0.198 e. The van der Waals surface area contributed by atoms with E-state index in [2.05, 4.69) is 13.0 Å². The van der Waals surface area contributed by atoms with Crippen molar-refractivity contribution >= 4 is 0 Å². The Morgan fingerprint density at radius 2 is 1.50 bits per heavy atom. The van der Waals surface area contributed by atoms with E-state index in [-0.39, 0.29) is 5.41 Å². The van der Waals surface area contributed by atoms with Gasteiger partial charge in [-0.3, -0.25) is 0 Å². The second-order valence-electron chi connectivity index (χ2n) is 8.10. The smallest absolute Gasteiger partial charge is 0.0692 e. The second kappa shape index (κ2) is 9.59. The van der Waals surface area contributed by atoms with E-state index in [4.69, 9.17) is 0 Å². The van der Waals surface area contributed by atoms with Crippen molar-refractivity contribution in [2.45, 2.75) is 110 Å². The van der Waals surface area contributed by atoms with Gasteiger partial charge in [0.2, 0.25) is 0 Å². The SMILES string of the molecule is CCCCCCCCC1CCC(C#N)(C2CCCCC2)CC1. The van der Waals surface area contributed by atoms with Gasteiger partial charge in [0, 0.05) is 0 Å². The Morgan fingerprint density at radius 1 is 0.864 bits per heavy atom. The van der Waals surface area contributed by atoms with Gasteiger partial charge >= 0.3 is 0 Å². The molecular weight excluding hydrogens is 266 g/mol. The zero-order valence-electron chi connectivity index (χ0n) is 14.9. The second-order valence-corrected chi connectivity index (χ2v) is 8.10. The molecule has 126 valence electrons. The summed E-state index contributed by atoms with van der Waals surface area (Å²) in [6, 6.07) is 2.80. The Balaban J connectivity index is 1.66. The van der Waals surface area contributed by atoms with E-state index in [1.807, 2.05) is 0 Å². The van der Waals surface area contributed by atoms with Crippen LogP contribution >= 0.6 is 0 Å². The Bertz CT molecular complexity index is 326. The zero-order chi connectivity index (χ0) is 15.7. The predicted molar refractivity (Wildman–Crippen MR) is 94.6 cm³/mol. The van der Waals surface area contributed by atoms with E-state index in [0.717, 1.165) is 11.8 Å². The molecule has 0 radical (unpaired) electrons. The summed E-state index contributed by atoms with van der Waals surface area (Å²) < 4.78 is 0. The minimum absolute atomic E-state index is 0.0675. The van der Waals surface area contributed by atoms with Crippen LogP contribution in [0.5, 0.6) is 0 Å². The molecule has 1 heteroatoms. The largest absolute Gasteiger partial charge is 0.198 e. The van der Waals surface area contributed by atoms with Crippen molar-refractivity contribution in [2.24, 2.45) is 17.3 Å². The lowest BCUT2D eigenvalue weighted by atomic mass is 9.60. The Kier molecular flexibility index (Phi) is 7.77. The average molecular weight is 304 g/mol. The summed E-state index contributed by atoms with van der Waals surface area (Å²) in [5.74, 6) is 1.65. The molecule has 0 aliphatic heterocycles. The summed E-state index contributed by atoms with van der Waals surface area (Å²) >= 11 is 0. The van der Waals surface area contributed by atoms with E-state index in [1.165, 1.54) is 103 Å². The van der Waals surface area contributed by atoms with E-state index in [9.17, 15) is 5.26 Å². The standard InChI is InChI=1S/C21H37N/c1-2-3-4-5-6-8-11-19-14-16-21(18-22,17-15-19)20-12-9-7-10-13-20/h19-20H,2-17H2,1H3. The molecule has 2 saturated carbocycles. The average Bonchev–Trinajstić information content (AvgIpc) is 2.59. The molecule has 22 heavy (non-hydrogen) atoms. The summed E-state index contributed by atoms with van der Waals surface area (Å²) in [5.41, 5.74) is 0.0675. The fourth-order valence-corrected chi connectivity index (χ4v) is 4.96. The predicted octanol–water partition coefficient (Wildman–Crippen LogP) is 7.02. The molecule has 1 nitrogen and oxygen atoms in total. The molecule has 0 aromatic rings. The summed E-state index contributed by atoms with van der Waals surface area (Å²) in [6.07, 6.45) is 21.8. The molecule has 0 heterocycles. The molecule has 2 fully saturated rings. The number of hydrogen-bond acceptors (Lipinski definition) is 1. The van der Waals surface area contributed by atoms with E-state index in [1.54, 1.807) is 0 Å². The fourth-order valence-electron chi connectivity index (χ4n) is 4.96. The molecule has 0 N–H and O–H groups in total. The van der Waals surface area contributed by atoms with Crippen molar-refractivity contribution in [3.8, 4) is 6.07 Å². The first kappa shape index (κ1) is 17.8. The highest BCUT2D eigenvalue weighted by atomic mass is 14.5. The van der Waals surface area contributed by atoms with Gasteiger partial charge in [0.1, 0.15) is 0 Å². The minimum atomic E-state index is 0.0675. The quantitative estimate of drug-likeness (QED) is 0.442. The van der Waals surface area contributed by atoms with Crippen LogP contribution in [0, 0.1) is 28.6 Å². The van der Waals surface area contributed by atoms with Crippen molar-refractivity contribution in [1.82, 2.24) is 0 Å². The molecular formula is C21H37N. The van der Waals surface area contributed by atoms with Crippen molar-refractivity contribution in [3.05, 3.63) is 0 Å². The fraction of sp³-hybridized carbons (Fsp3) is 0.952. The first-order chi connectivity index (χ1) is 10.8. The lowest BCUT2D eigenvalue weighted by molar-refractivity contribution is 0.0996. The maximum Gasteiger partial charge on any atom is 0.0692 e. The van der Waals surface area contributed by atoms with Crippen LogP contribution in [0.15, 0.2) is 0 Å². The maximum atomic E-state index is 9.83. The van der Waals surface area contributed by atoms with Gasteiger partial charge in [-0.15, -0.1) is 0 Å². The molecule has 0 bridgehead atoms. The molecule has 0 aromatic heterocycles. The number of rotatable bonds is 8. The van der Waals surface area contributed by atoms with Crippen LogP contribution in [0.1, 0.15) is 110 Å². The van der Waals surface area contributed by atoms with Crippen LogP contribution in [-0.4, -0.2) is 0 Å². The normalized spacial score (nSPS) is 30.1. The summed E-state index contributed by atoms with van der Waals surface area (Å²) in [4.78, 5) is 0. The van der Waals surface area contributed by atoms with Crippen LogP contribution in [0.4, 0.5) is 0 Å². The Hall–Kier alpha value is -0.510. The number of hydrogen-bond donors (Lipinski definition) is 0. The van der Waals surface area contributed by atoms with Crippen LogP contribution in [0.3, 0.4) is 0 Å². The van der Waals surface area contributed by atoms with Gasteiger partial charge in [0.25, 0.3) is 0 Å². The van der Waals surface area contributed by atoms with Crippen LogP contribution < -0.4 is 0 Å². The lowest BCUT2D eigenvalue weighted by Crippen LogP contribution is -2.35. The van der Waals surface area contributed by atoms with Gasteiger partial charge < -0.3 is 0 Å². The maximum absolute atomic E-state index is 9.83. The summed E-state index contributed by atoms with van der Waals surface area (Å²) in [6.45, 7) is 2.29. The Labute approximate surface area is 138 Å². The molecule has 2 aliphatic carbocycles. The number of unbranched alkanes of at least 4 members (excludes halogenated alkanes) is 5. The van der Waals surface area contributed by atoms with Gasteiger partial charge in [0.05, 0.1) is 11.5 Å². The third-order valence-corrected chi connectivity index (χ3v) is 6.57. The monoisotopic (exact) mass is 303 g/mol. The lowest BCUT2D eigenvalue weighted by Gasteiger charge is -2.42. The highest BCUT2D eigenvalue weighted by molar-refractivity contribution is 5.05. The molecule has 0 unspecified atom stereocenters. The molecule has 0 aromatic carbocycles. The topological polar surface area (TPSA) is 23.8 Å². The van der Waals surface area contributed by atoms with Crippen molar-refractivity contribution in [2.75, 3.05) is 0 Å². The molecule has 0 atom stereocenters. The molecule has 0 spiro atoms. The van der Waals surface area contributed by atoms with Crippen molar-refractivity contribution in [3.63, 3.8) is 0 Å². The van der Waals surface area contributed by atoms with Gasteiger partial charge in [-0.2, -0.15) is 5.26 Å². The highest BCUT2D eigenvalue weighted by Gasteiger charge is 2.42. The molecule has 0 saturated heterocycles. The van der Waals surface area contributed by atoms with E-state index >= 15 is 0 Å². The first-order valence-electron chi connectivity index (χ1n) is 10.2. The third kappa shape index (κ3) is 5.00. The third-order valence-electron chi connectivity index (χ3n) is 6.57. The van der Waals surface area contributed by atoms with E-state index in [0.29, 0.717) is 0 Å². The van der Waals surface area contributed by atoms with Gasteiger partial charge in [-0.1, -0.05) is 71.1 Å². The van der Waals surface area contributed by atoms with Crippen LogP contribution in [0.25, 0.3) is 0 Å². The molecule has 0 amide bonds. The molecule has 2 aliphatic rings. The highest BCUT2D eigenvalue weighted by Crippen LogP contribution is 2.49. The zero-order valence-corrected chi connectivity index (χ0v) is 14.9. The summed E-state index contributed by atoms with van der Waals surface area (Å²) in [7, 11) is 0. The van der Waals surface area contributed by atoms with E-state index < -0.39 is 0 Å². The number of nitriles is 1. The summed E-state index contributed by atoms with van der Waals surface area (Å²) in [5, 5.41) is 9.83. The Morgan fingerprint density at radius 3 is 2.14 bits per heavy atom.